The number of anilines is 1. The number of nitrogens with two attached hydrogens (primary N) is 2. The Morgan fingerprint density at radius 3 is 2.36 bits per heavy atom. The minimum Gasteiger partial charge on any atom is -0.398 e. The van der Waals surface area contributed by atoms with E-state index in [0.717, 1.165) is 5.56 Å². The second kappa shape index (κ2) is 3.96. The van der Waals surface area contributed by atoms with Crippen LogP contribution in [-0.4, -0.2) is 0 Å². The van der Waals surface area contributed by atoms with Gasteiger partial charge in [-0.15, -0.1) is 0 Å². The molecule has 0 aliphatic carbocycles. The van der Waals surface area contributed by atoms with E-state index in [-0.39, 0.29) is 17.8 Å². The van der Waals surface area contributed by atoms with E-state index in [1.165, 1.54) is 12.1 Å². The molecule has 1 unspecified atom stereocenters. The van der Waals surface area contributed by atoms with Gasteiger partial charge < -0.3 is 11.5 Å². The number of aryl methyl sites for hydroxylation is 1. The summed E-state index contributed by atoms with van der Waals surface area (Å²) in [6.45, 7) is 5.77. The summed E-state index contributed by atoms with van der Waals surface area (Å²) in [4.78, 5) is 0. The van der Waals surface area contributed by atoms with Crippen LogP contribution in [0.25, 0.3) is 0 Å². The molecule has 0 spiro atoms. The largest absolute Gasteiger partial charge is 0.398 e. The van der Waals surface area contributed by atoms with Crippen molar-refractivity contribution in [2.24, 2.45) is 11.7 Å². The molecule has 14 heavy (non-hydrogen) atoms. The second-order valence-corrected chi connectivity index (χ2v) is 4.00. The van der Waals surface area contributed by atoms with Crippen molar-refractivity contribution in [1.29, 1.82) is 0 Å². The average Bonchev–Trinajstić information content (AvgIpc) is 2.09. The van der Waals surface area contributed by atoms with Crippen LogP contribution in [0, 0.1) is 18.7 Å². The Morgan fingerprint density at radius 1 is 1.29 bits per heavy atom. The molecule has 1 aromatic carbocycles. The van der Waals surface area contributed by atoms with Crippen molar-refractivity contribution < 1.29 is 4.39 Å². The zero-order valence-corrected chi connectivity index (χ0v) is 8.84. The highest BCUT2D eigenvalue weighted by molar-refractivity contribution is 5.54. The summed E-state index contributed by atoms with van der Waals surface area (Å²) in [5.74, 6) is -0.0266. The first-order valence-corrected chi connectivity index (χ1v) is 4.74. The number of benzene rings is 1. The number of hydrogen-bond donors (Lipinski definition) is 2. The average molecular weight is 196 g/mol. The molecule has 0 fully saturated rings. The van der Waals surface area contributed by atoms with Crippen molar-refractivity contribution in [3.8, 4) is 0 Å². The van der Waals surface area contributed by atoms with Gasteiger partial charge in [-0.3, -0.25) is 0 Å². The van der Waals surface area contributed by atoms with Crippen LogP contribution in [0.4, 0.5) is 10.1 Å². The van der Waals surface area contributed by atoms with Crippen LogP contribution in [0.1, 0.15) is 31.0 Å². The van der Waals surface area contributed by atoms with Gasteiger partial charge in [0.25, 0.3) is 0 Å². The molecule has 0 aromatic heterocycles. The van der Waals surface area contributed by atoms with E-state index in [1.807, 2.05) is 13.8 Å². The Hall–Kier alpha value is -1.09. The maximum atomic E-state index is 13.1. The molecular weight excluding hydrogens is 179 g/mol. The van der Waals surface area contributed by atoms with Crippen molar-refractivity contribution in [2.45, 2.75) is 26.8 Å². The number of nitrogen functional groups attached to an aromatic ring is 1. The summed E-state index contributed by atoms with van der Waals surface area (Å²) in [5, 5.41) is 0. The SMILES string of the molecule is Cc1cc(F)cc(C(N)C(C)C)c1N. The Morgan fingerprint density at radius 2 is 1.86 bits per heavy atom. The lowest BCUT2D eigenvalue weighted by Gasteiger charge is -2.19. The lowest BCUT2D eigenvalue weighted by Crippen LogP contribution is -2.19. The van der Waals surface area contributed by atoms with E-state index in [1.54, 1.807) is 6.92 Å². The molecular formula is C11H17FN2. The summed E-state index contributed by atoms with van der Waals surface area (Å²) in [7, 11) is 0. The summed E-state index contributed by atoms with van der Waals surface area (Å²) in [6.07, 6.45) is 0. The smallest absolute Gasteiger partial charge is 0.123 e. The summed E-state index contributed by atoms with van der Waals surface area (Å²) in [5.41, 5.74) is 13.8. The molecule has 2 nitrogen and oxygen atoms in total. The first-order chi connectivity index (χ1) is 6.43. The van der Waals surface area contributed by atoms with Crippen LogP contribution in [0.15, 0.2) is 12.1 Å². The molecule has 78 valence electrons. The van der Waals surface area contributed by atoms with Crippen molar-refractivity contribution in [3.05, 3.63) is 29.1 Å². The Balaban J connectivity index is 3.20. The lowest BCUT2D eigenvalue weighted by atomic mass is 9.94. The van der Waals surface area contributed by atoms with Crippen molar-refractivity contribution in [1.82, 2.24) is 0 Å². The van der Waals surface area contributed by atoms with Gasteiger partial charge in [-0.1, -0.05) is 13.8 Å². The van der Waals surface area contributed by atoms with Crippen LogP contribution in [0.5, 0.6) is 0 Å². The van der Waals surface area contributed by atoms with Gasteiger partial charge in [0.2, 0.25) is 0 Å². The Kier molecular flexibility index (Phi) is 3.11. The standard InChI is InChI=1S/C11H17FN2/c1-6(2)10(13)9-5-8(12)4-7(3)11(9)14/h4-6,10H,13-14H2,1-3H3. The van der Waals surface area contributed by atoms with Crippen molar-refractivity contribution >= 4 is 5.69 Å². The van der Waals surface area contributed by atoms with Crippen molar-refractivity contribution in [3.63, 3.8) is 0 Å². The van der Waals surface area contributed by atoms with E-state index in [0.29, 0.717) is 11.3 Å². The summed E-state index contributed by atoms with van der Waals surface area (Å²) >= 11 is 0. The van der Waals surface area contributed by atoms with Gasteiger partial charge >= 0.3 is 0 Å². The van der Waals surface area contributed by atoms with Gasteiger partial charge in [0, 0.05) is 11.7 Å². The molecule has 4 N–H and O–H groups in total. The Bertz CT molecular complexity index is 334. The molecule has 1 rings (SSSR count). The number of rotatable bonds is 2. The molecule has 1 atom stereocenters. The van der Waals surface area contributed by atoms with Crippen LogP contribution in [0.3, 0.4) is 0 Å². The molecule has 0 heterocycles. The molecule has 0 saturated carbocycles. The van der Waals surface area contributed by atoms with Gasteiger partial charge in [0.15, 0.2) is 0 Å². The van der Waals surface area contributed by atoms with Gasteiger partial charge in [0.1, 0.15) is 5.82 Å². The maximum absolute atomic E-state index is 13.1. The highest BCUT2D eigenvalue weighted by Crippen LogP contribution is 2.27. The highest BCUT2D eigenvalue weighted by atomic mass is 19.1. The summed E-state index contributed by atoms with van der Waals surface area (Å²) in [6, 6.07) is 2.64. The maximum Gasteiger partial charge on any atom is 0.123 e. The third-order valence-corrected chi connectivity index (χ3v) is 2.46. The van der Waals surface area contributed by atoms with Crippen LogP contribution < -0.4 is 11.5 Å². The number of hydrogen-bond acceptors (Lipinski definition) is 2. The Labute approximate surface area is 84.1 Å². The molecule has 0 aliphatic heterocycles. The third-order valence-electron chi connectivity index (χ3n) is 2.46. The molecule has 0 bridgehead atoms. The fraction of sp³-hybridized carbons (Fsp3) is 0.455. The molecule has 1 aromatic rings. The predicted octanol–water partition coefficient (Wildman–Crippen LogP) is 2.37. The van der Waals surface area contributed by atoms with Gasteiger partial charge in [0.05, 0.1) is 0 Å². The van der Waals surface area contributed by atoms with E-state index in [9.17, 15) is 4.39 Å². The summed E-state index contributed by atoms with van der Waals surface area (Å²) < 4.78 is 13.1. The molecule has 3 heteroatoms. The number of halogens is 1. The van der Waals surface area contributed by atoms with Crippen LogP contribution in [-0.2, 0) is 0 Å². The van der Waals surface area contributed by atoms with Crippen LogP contribution >= 0.6 is 0 Å². The molecule has 0 radical (unpaired) electrons. The van der Waals surface area contributed by atoms with E-state index in [2.05, 4.69) is 0 Å². The normalized spacial score (nSPS) is 13.3. The minimum atomic E-state index is -0.275. The van der Waals surface area contributed by atoms with E-state index >= 15 is 0 Å². The fourth-order valence-corrected chi connectivity index (χ4v) is 1.42. The van der Waals surface area contributed by atoms with Gasteiger partial charge in [-0.2, -0.15) is 0 Å². The van der Waals surface area contributed by atoms with Gasteiger partial charge in [-0.05, 0) is 36.1 Å². The zero-order valence-electron chi connectivity index (χ0n) is 8.84. The first-order valence-electron chi connectivity index (χ1n) is 4.74. The zero-order chi connectivity index (χ0) is 10.9. The monoisotopic (exact) mass is 196 g/mol. The quantitative estimate of drug-likeness (QED) is 0.713. The van der Waals surface area contributed by atoms with Crippen LogP contribution in [0.2, 0.25) is 0 Å². The van der Waals surface area contributed by atoms with E-state index < -0.39 is 0 Å². The van der Waals surface area contributed by atoms with Crippen molar-refractivity contribution in [2.75, 3.05) is 5.73 Å². The highest BCUT2D eigenvalue weighted by Gasteiger charge is 2.15. The minimum absolute atomic E-state index is 0.204. The topological polar surface area (TPSA) is 52.0 Å². The lowest BCUT2D eigenvalue weighted by molar-refractivity contribution is 0.511. The first kappa shape index (κ1) is 11.0. The second-order valence-electron chi connectivity index (χ2n) is 4.00. The fourth-order valence-electron chi connectivity index (χ4n) is 1.42. The van der Waals surface area contributed by atoms with Gasteiger partial charge in [-0.25, -0.2) is 4.39 Å². The molecule has 0 saturated heterocycles. The molecule has 0 aliphatic rings. The third kappa shape index (κ3) is 2.04. The molecule has 0 amide bonds. The van der Waals surface area contributed by atoms with E-state index in [4.69, 9.17) is 11.5 Å². The predicted molar refractivity (Wildman–Crippen MR) is 57.3 cm³/mol.